The predicted molar refractivity (Wildman–Crippen MR) is 92.7 cm³/mol. The fraction of sp³-hybridized carbons (Fsp3) is 0.118. The summed E-state index contributed by atoms with van der Waals surface area (Å²) in [5, 5.41) is 30.8. The lowest BCUT2D eigenvalue weighted by Gasteiger charge is -2.05. The van der Waals surface area contributed by atoms with Crippen LogP contribution in [0.15, 0.2) is 70.2 Å². The van der Waals surface area contributed by atoms with Crippen molar-refractivity contribution >= 4 is 23.0 Å². The average molecular weight is 340 g/mol. The van der Waals surface area contributed by atoms with Gasteiger partial charge in [-0.05, 0) is 37.6 Å². The first-order valence-corrected chi connectivity index (χ1v) is 7.31. The number of anilines is 1. The number of allylic oxidation sites excluding steroid dienone is 1. The van der Waals surface area contributed by atoms with Gasteiger partial charge in [0.05, 0.1) is 4.92 Å². The molecule has 0 aliphatic carbocycles. The highest BCUT2D eigenvalue weighted by atomic mass is 16.6. The molecule has 0 saturated carbocycles. The summed E-state index contributed by atoms with van der Waals surface area (Å²) in [6, 6.07) is 13.0. The van der Waals surface area contributed by atoms with Crippen molar-refractivity contribution in [2.24, 2.45) is 10.2 Å². The van der Waals surface area contributed by atoms with Crippen LogP contribution in [-0.2, 0) is 4.79 Å². The van der Waals surface area contributed by atoms with E-state index in [1.165, 1.54) is 19.1 Å². The van der Waals surface area contributed by atoms with Crippen molar-refractivity contribution in [2.75, 3.05) is 5.32 Å². The minimum Gasteiger partial charge on any atom is -0.510 e. The number of aryl methyl sites for hydroxylation is 1. The number of nitro groups is 1. The fourth-order valence-electron chi connectivity index (χ4n) is 1.96. The zero-order valence-electron chi connectivity index (χ0n) is 13.6. The number of benzene rings is 2. The predicted octanol–water partition coefficient (Wildman–Crippen LogP) is 4.42. The van der Waals surface area contributed by atoms with Gasteiger partial charge in [0.15, 0.2) is 11.4 Å². The number of para-hydroxylation sites is 1. The summed E-state index contributed by atoms with van der Waals surface area (Å²) >= 11 is 0. The number of carbonyl (C=O) groups excluding carboxylic acids is 1. The first kappa shape index (κ1) is 17.8. The Kier molecular flexibility index (Phi) is 5.57. The van der Waals surface area contributed by atoms with Crippen molar-refractivity contribution in [3.63, 3.8) is 0 Å². The second-order valence-corrected chi connectivity index (χ2v) is 5.20. The van der Waals surface area contributed by atoms with Crippen LogP contribution >= 0.6 is 0 Å². The molecular formula is C17H16N4O4. The van der Waals surface area contributed by atoms with Crippen LogP contribution in [0.25, 0.3) is 0 Å². The molecule has 0 saturated heterocycles. The Morgan fingerprint density at radius 3 is 2.48 bits per heavy atom. The molecule has 0 aromatic heterocycles. The number of carbonyl (C=O) groups is 1. The number of nitrogens with one attached hydrogen (secondary N) is 1. The molecule has 25 heavy (non-hydrogen) atoms. The zero-order valence-corrected chi connectivity index (χ0v) is 13.6. The maximum absolute atomic E-state index is 12.2. The first-order chi connectivity index (χ1) is 11.9. The van der Waals surface area contributed by atoms with Gasteiger partial charge in [0.1, 0.15) is 5.76 Å². The van der Waals surface area contributed by atoms with E-state index in [2.05, 4.69) is 15.5 Å². The highest BCUT2D eigenvalue weighted by Crippen LogP contribution is 2.29. The van der Waals surface area contributed by atoms with E-state index >= 15 is 0 Å². The molecule has 0 unspecified atom stereocenters. The minimum atomic E-state index is -0.676. The topological polar surface area (TPSA) is 117 Å². The monoisotopic (exact) mass is 340 g/mol. The molecule has 128 valence electrons. The van der Waals surface area contributed by atoms with Crippen LogP contribution in [0.2, 0.25) is 0 Å². The van der Waals surface area contributed by atoms with Crippen molar-refractivity contribution in [3.8, 4) is 0 Å². The van der Waals surface area contributed by atoms with Gasteiger partial charge in [0, 0.05) is 11.8 Å². The van der Waals surface area contributed by atoms with Crippen LogP contribution in [0.1, 0.15) is 12.5 Å². The fourth-order valence-corrected chi connectivity index (χ4v) is 1.96. The first-order valence-electron chi connectivity index (χ1n) is 7.31. The second-order valence-electron chi connectivity index (χ2n) is 5.20. The third kappa shape index (κ3) is 4.71. The van der Waals surface area contributed by atoms with Gasteiger partial charge in [-0.25, -0.2) is 0 Å². The molecule has 0 fully saturated rings. The minimum absolute atomic E-state index is 0.0122. The van der Waals surface area contributed by atoms with Gasteiger partial charge in [-0.3, -0.25) is 14.9 Å². The van der Waals surface area contributed by atoms with Crippen LogP contribution in [0, 0.1) is 17.0 Å². The number of hydrogen-bond donors (Lipinski definition) is 2. The summed E-state index contributed by atoms with van der Waals surface area (Å²) in [5.41, 5.74) is 0.632. The Hall–Kier alpha value is -3.55. The number of azo groups is 1. The molecule has 0 aliphatic rings. The van der Waals surface area contributed by atoms with Gasteiger partial charge < -0.3 is 10.4 Å². The molecule has 0 heterocycles. The molecule has 0 atom stereocenters. The summed E-state index contributed by atoms with van der Waals surface area (Å²) < 4.78 is 0. The number of hydrogen-bond acceptors (Lipinski definition) is 6. The van der Waals surface area contributed by atoms with Crippen molar-refractivity contribution in [3.05, 3.63) is 75.7 Å². The quantitative estimate of drug-likeness (QED) is 0.275. The molecule has 0 aliphatic heterocycles. The largest absolute Gasteiger partial charge is 0.510 e. The molecule has 2 aromatic rings. The SMILES string of the molecule is C/C(O)=C(/N=Nc1ccc(C)cc1[N+](=O)[O-])C(=O)Nc1ccccc1. The second kappa shape index (κ2) is 7.82. The van der Waals surface area contributed by atoms with Gasteiger partial charge in [-0.2, -0.15) is 0 Å². The molecular weight excluding hydrogens is 324 g/mol. The molecule has 2 N–H and O–H groups in total. The Labute approximate surface area is 143 Å². The van der Waals surface area contributed by atoms with E-state index in [0.29, 0.717) is 11.3 Å². The number of nitrogens with zero attached hydrogens (tertiary/aromatic N) is 3. The number of aliphatic hydroxyl groups is 1. The lowest BCUT2D eigenvalue weighted by Crippen LogP contribution is -2.14. The van der Waals surface area contributed by atoms with E-state index in [4.69, 9.17) is 0 Å². The molecule has 8 heteroatoms. The Morgan fingerprint density at radius 1 is 1.20 bits per heavy atom. The van der Waals surface area contributed by atoms with Gasteiger partial charge >= 0.3 is 0 Å². The van der Waals surface area contributed by atoms with Gasteiger partial charge in [0.2, 0.25) is 0 Å². The third-order valence-electron chi connectivity index (χ3n) is 3.17. The van der Waals surface area contributed by atoms with E-state index in [0.717, 1.165) is 0 Å². The van der Waals surface area contributed by atoms with Gasteiger partial charge in [-0.15, -0.1) is 10.2 Å². The number of amides is 1. The Balaban J connectivity index is 2.29. The van der Waals surface area contributed by atoms with E-state index in [-0.39, 0.29) is 22.8 Å². The third-order valence-corrected chi connectivity index (χ3v) is 3.17. The van der Waals surface area contributed by atoms with Crippen LogP contribution in [0.4, 0.5) is 17.1 Å². The van der Waals surface area contributed by atoms with Crippen molar-refractivity contribution < 1.29 is 14.8 Å². The lowest BCUT2D eigenvalue weighted by molar-refractivity contribution is -0.384. The highest BCUT2D eigenvalue weighted by molar-refractivity contribution is 6.03. The van der Waals surface area contributed by atoms with Crippen LogP contribution in [-0.4, -0.2) is 15.9 Å². The van der Waals surface area contributed by atoms with E-state index < -0.39 is 10.8 Å². The lowest BCUT2D eigenvalue weighted by atomic mass is 10.2. The number of rotatable bonds is 5. The molecule has 2 rings (SSSR count). The maximum atomic E-state index is 12.2. The van der Waals surface area contributed by atoms with Crippen molar-refractivity contribution in [2.45, 2.75) is 13.8 Å². The normalized spacial score (nSPS) is 11.9. The van der Waals surface area contributed by atoms with E-state index in [1.54, 1.807) is 43.3 Å². The molecule has 1 amide bonds. The summed E-state index contributed by atoms with van der Waals surface area (Å²) in [6.07, 6.45) is 0. The molecule has 2 aromatic carbocycles. The summed E-state index contributed by atoms with van der Waals surface area (Å²) in [5.74, 6) is -1.03. The molecule has 0 bridgehead atoms. The van der Waals surface area contributed by atoms with Crippen LogP contribution < -0.4 is 5.32 Å². The number of nitro benzene ring substituents is 1. The average Bonchev–Trinajstić information content (AvgIpc) is 2.56. The van der Waals surface area contributed by atoms with Crippen LogP contribution in [0.5, 0.6) is 0 Å². The highest BCUT2D eigenvalue weighted by Gasteiger charge is 2.16. The molecule has 0 spiro atoms. The van der Waals surface area contributed by atoms with E-state index in [1.807, 2.05) is 0 Å². The number of aliphatic hydroxyl groups excluding tert-OH is 1. The summed E-state index contributed by atoms with van der Waals surface area (Å²) in [6.45, 7) is 2.99. The van der Waals surface area contributed by atoms with Crippen molar-refractivity contribution in [1.82, 2.24) is 0 Å². The van der Waals surface area contributed by atoms with E-state index in [9.17, 15) is 20.0 Å². The standard InChI is InChI=1S/C17H16N4O4/c1-11-8-9-14(15(10-11)21(24)25)19-20-16(12(2)22)17(23)18-13-6-4-3-5-7-13/h3-10,22H,1-2H3,(H,18,23)/b16-12-,20-19?. The van der Waals surface area contributed by atoms with Crippen LogP contribution in [0.3, 0.4) is 0 Å². The van der Waals surface area contributed by atoms with Gasteiger partial charge in [-0.1, -0.05) is 24.3 Å². The Morgan fingerprint density at radius 2 is 1.88 bits per heavy atom. The zero-order chi connectivity index (χ0) is 18.4. The smallest absolute Gasteiger partial charge is 0.296 e. The Bertz CT molecular complexity index is 856. The summed E-state index contributed by atoms with van der Waals surface area (Å²) in [4.78, 5) is 22.7. The van der Waals surface area contributed by atoms with Gasteiger partial charge in [0.25, 0.3) is 11.6 Å². The summed E-state index contributed by atoms with van der Waals surface area (Å²) in [7, 11) is 0. The molecule has 8 nitrogen and oxygen atoms in total. The molecule has 0 radical (unpaired) electrons. The van der Waals surface area contributed by atoms with Crippen molar-refractivity contribution in [1.29, 1.82) is 0 Å². The maximum Gasteiger partial charge on any atom is 0.296 e.